The van der Waals surface area contributed by atoms with Gasteiger partial charge in [-0.3, -0.25) is 10.1 Å². The molecular formula is C8H3BrClNO3. The van der Waals surface area contributed by atoms with Crippen LogP contribution >= 0.6 is 27.5 Å². The maximum Gasteiger partial charge on any atom is 0.434 e. The van der Waals surface area contributed by atoms with Crippen molar-refractivity contribution in [3.63, 3.8) is 0 Å². The van der Waals surface area contributed by atoms with Crippen molar-refractivity contribution in [1.82, 2.24) is 0 Å². The van der Waals surface area contributed by atoms with Crippen LogP contribution in [0.2, 0.25) is 5.02 Å². The minimum absolute atomic E-state index is 0.289. The molecule has 0 aliphatic heterocycles. The molecule has 0 saturated carbocycles. The van der Waals surface area contributed by atoms with Crippen molar-refractivity contribution in [1.29, 1.82) is 0 Å². The SMILES string of the molecule is O=[N+]([O-])c1cc2cc(Cl)cc(Br)c2o1. The van der Waals surface area contributed by atoms with Crippen LogP contribution in [0.1, 0.15) is 0 Å². The van der Waals surface area contributed by atoms with Gasteiger partial charge in [0, 0.05) is 10.4 Å². The van der Waals surface area contributed by atoms with Gasteiger partial charge in [-0.15, -0.1) is 0 Å². The zero-order valence-corrected chi connectivity index (χ0v) is 9.00. The molecule has 0 aliphatic carbocycles. The predicted molar refractivity (Wildman–Crippen MR) is 55.6 cm³/mol. The van der Waals surface area contributed by atoms with Crippen molar-refractivity contribution in [2.24, 2.45) is 0 Å². The van der Waals surface area contributed by atoms with Gasteiger partial charge in [0.2, 0.25) is 0 Å². The molecule has 0 N–H and O–H groups in total. The molecule has 0 unspecified atom stereocenters. The normalized spacial score (nSPS) is 10.7. The van der Waals surface area contributed by atoms with E-state index in [-0.39, 0.29) is 5.88 Å². The molecule has 0 bridgehead atoms. The summed E-state index contributed by atoms with van der Waals surface area (Å²) in [6.45, 7) is 0. The third-order valence-corrected chi connectivity index (χ3v) is 2.51. The number of rotatable bonds is 1. The van der Waals surface area contributed by atoms with Crippen LogP contribution in [0.3, 0.4) is 0 Å². The van der Waals surface area contributed by atoms with E-state index in [0.29, 0.717) is 20.5 Å². The first-order valence-electron chi connectivity index (χ1n) is 3.61. The standard InChI is InChI=1S/C8H3BrClNO3/c9-6-3-5(10)1-4-2-7(11(12)13)14-8(4)6/h1-3H. The van der Waals surface area contributed by atoms with Gasteiger partial charge >= 0.3 is 5.88 Å². The van der Waals surface area contributed by atoms with Crippen molar-refractivity contribution < 1.29 is 9.34 Å². The molecule has 0 saturated heterocycles. The largest absolute Gasteiger partial charge is 0.434 e. The number of fused-ring (bicyclic) bond motifs is 1. The smallest absolute Gasteiger partial charge is 0.399 e. The fraction of sp³-hybridized carbons (Fsp3) is 0. The van der Waals surface area contributed by atoms with Crippen LogP contribution in [0.25, 0.3) is 11.0 Å². The first-order chi connectivity index (χ1) is 6.58. The molecular weight excluding hydrogens is 273 g/mol. The van der Waals surface area contributed by atoms with Crippen LogP contribution in [0.15, 0.2) is 27.1 Å². The summed E-state index contributed by atoms with van der Waals surface area (Å²) < 4.78 is 5.62. The second-order valence-corrected chi connectivity index (χ2v) is 3.94. The molecule has 72 valence electrons. The van der Waals surface area contributed by atoms with Crippen LogP contribution in [0, 0.1) is 10.1 Å². The molecule has 0 atom stereocenters. The van der Waals surface area contributed by atoms with E-state index in [9.17, 15) is 10.1 Å². The number of halogens is 2. The lowest BCUT2D eigenvalue weighted by molar-refractivity contribution is -0.401. The lowest BCUT2D eigenvalue weighted by Gasteiger charge is -1.92. The lowest BCUT2D eigenvalue weighted by atomic mass is 10.2. The molecule has 0 fully saturated rings. The monoisotopic (exact) mass is 275 g/mol. The van der Waals surface area contributed by atoms with Crippen LogP contribution in [-0.4, -0.2) is 4.92 Å². The average molecular weight is 276 g/mol. The van der Waals surface area contributed by atoms with Crippen molar-refractivity contribution in [3.8, 4) is 0 Å². The Kier molecular flexibility index (Phi) is 2.20. The molecule has 0 spiro atoms. The Bertz CT molecular complexity index is 523. The number of hydrogen-bond donors (Lipinski definition) is 0. The van der Waals surface area contributed by atoms with Crippen molar-refractivity contribution in [2.75, 3.05) is 0 Å². The molecule has 1 aromatic heterocycles. The highest BCUT2D eigenvalue weighted by molar-refractivity contribution is 9.10. The first kappa shape index (κ1) is 9.48. The Labute approximate surface area is 91.7 Å². The van der Waals surface area contributed by atoms with E-state index < -0.39 is 4.92 Å². The molecule has 0 aliphatic rings. The highest BCUT2D eigenvalue weighted by Crippen LogP contribution is 2.33. The van der Waals surface area contributed by atoms with Crippen molar-refractivity contribution >= 4 is 44.4 Å². The van der Waals surface area contributed by atoms with Gasteiger partial charge in [0.05, 0.1) is 10.5 Å². The fourth-order valence-corrected chi connectivity index (χ4v) is 2.07. The molecule has 2 aromatic rings. The molecule has 6 heteroatoms. The second kappa shape index (κ2) is 3.25. The highest BCUT2D eigenvalue weighted by atomic mass is 79.9. The van der Waals surface area contributed by atoms with Crippen LogP contribution in [0.4, 0.5) is 5.88 Å². The number of benzene rings is 1. The summed E-state index contributed by atoms with van der Waals surface area (Å²) >= 11 is 8.98. The minimum atomic E-state index is -0.583. The van der Waals surface area contributed by atoms with Crippen molar-refractivity contribution in [2.45, 2.75) is 0 Å². The van der Waals surface area contributed by atoms with E-state index in [2.05, 4.69) is 15.9 Å². The molecule has 14 heavy (non-hydrogen) atoms. The maximum atomic E-state index is 10.4. The summed E-state index contributed by atoms with van der Waals surface area (Å²) in [5, 5.41) is 11.5. The third-order valence-electron chi connectivity index (χ3n) is 1.70. The van der Waals surface area contributed by atoms with Gasteiger partial charge in [0.1, 0.15) is 4.92 Å². The van der Waals surface area contributed by atoms with E-state index >= 15 is 0 Å². The molecule has 1 heterocycles. The third kappa shape index (κ3) is 1.49. The topological polar surface area (TPSA) is 56.3 Å². The first-order valence-corrected chi connectivity index (χ1v) is 4.78. The Morgan fingerprint density at radius 2 is 2.14 bits per heavy atom. The molecule has 4 nitrogen and oxygen atoms in total. The van der Waals surface area contributed by atoms with Gasteiger partial charge in [-0.05, 0) is 28.1 Å². The lowest BCUT2D eigenvalue weighted by Crippen LogP contribution is -1.82. The fourth-order valence-electron chi connectivity index (χ4n) is 1.15. The summed E-state index contributed by atoms with van der Waals surface area (Å²) in [6, 6.07) is 4.57. The Morgan fingerprint density at radius 3 is 2.79 bits per heavy atom. The van der Waals surface area contributed by atoms with E-state index in [4.69, 9.17) is 16.0 Å². The van der Waals surface area contributed by atoms with Crippen LogP contribution in [0.5, 0.6) is 0 Å². The number of nitrogens with zero attached hydrogens (tertiary/aromatic N) is 1. The number of nitro groups is 1. The second-order valence-electron chi connectivity index (χ2n) is 2.65. The van der Waals surface area contributed by atoms with Gasteiger partial charge in [-0.2, -0.15) is 0 Å². The van der Waals surface area contributed by atoms with E-state index in [1.807, 2.05) is 0 Å². The molecule has 0 radical (unpaired) electrons. The van der Waals surface area contributed by atoms with Crippen LogP contribution < -0.4 is 0 Å². The summed E-state index contributed by atoms with van der Waals surface area (Å²) in [6.07, 6.45) is 0. The summed E-state index contributed by atoms with van der Waals surface area (Å²) in [5.74, 6) is -0.289. The van der Waals surface area contributed by atoms with Gasteiger partial charge in [-0.25, -0.2) is 0 Å². The summed E-state index contributed by atoms with van der Waals surface area (Å²) in [5.41, 5.74) is 0.432. The zero-order valence-electron chi connectivity index (χ0n) is 6.66. The van der Waals surface area contributed by atoms with Crippen molar-refractivity contribution in [3.05, 3.63) is 37.8 Å². The minimum Gasteiger partial charge on any atom is -0.399 e. The molecule has 1 aromatic carbocycles. The van der Waals surface area contributed by atoms with E-state index in [0.717, 1.165) is 0 Å². The van der Waals surface area contributed by atoms with Gasteiger partial charge in [0.25, 0.3) is 0 Å². The zero-order chi connectivity index (χ0) is 10.3. The van der Waals surface area contributed by atoms with Gasteiger partial charge < -0.3 is 4.42 Å². The van der Waals surface area contributed by atoms with Gasteiger partial charge in [0.15, 0.2) is 5.58 Å². The predicted octanol–water partition coefficient (Wildman–Crippen LogP) is 3.76. The van der Waals surface area contributed by atoms with E-state index in [1.165, 1.54) is 6.07 Å². The maximum absolute atomic E-state index is 10.4. The Morgan fingerprint density at radius 1 is 1.43 bits per heavy atom. The average Bonchev–Trinajstić information content (AvgIpc) is 2.47. The quantitative estimate of drug-likeness (QED) is 0.588. The molecule has 2 rings (SSSR count). The van der Waals surface area contributed by atoms with Gasteiger partial charge in [-0.1, -0.05) is 11.6 Å². The Balaban J connectivity index is 2.76. The van der Waals surface area contributed by atoms with Crippen LogP contribution in [-0.2, 0) is 0 Å². The molecule has 0 amide bonds. The highest BCUT2D eigenvalue weighted by Gasteiger charge is 2.15. The van der Waals surface area contributed by atoms with E-state index in [1.54, 1.807) is 12.1 Å². The number of furan rings is 1. The Hall–Kier alpha value is -1.07. The summed E-state index contributed by atoms with van der Waals surface area (Å²) in [7, 11) is 0. The summed E-state index contributed by atoms with van der Waals surface area (Å²) in [4.78, 5) is 9.85. The number of hydrogen-bond acceptors (Lipinski definition) is 3.